The zero-order valence-electron chi connectivity index (χ0n) is 21.6. The second-order valence-electron chi connectivity index (χ2n) is 9.94. The lowest BCUT2D eigenvalue weighted by Gasteiger charge is -2.37. The van der Waals surface area contributed by atoms with E-state index in [1.54, 1.807) is 41.4 Å². The Balaban J connectivity index is 0.00000336. The van der Waals surface area contributed by atoms with Gasteiger partial charge in [0.2, 0.25) is 10.0 Å². The van der Waals surface area contributed by atoms with E-state index in [2.05, 4.69) is 27.4 Å². The second-order valence-corrected chi connectivity index (χ2v) is 12.3. The molecule has 0 saturated carbocycles. The first kappa shape index (κ1) is 28.6. The van der Waals surface area contributed by atoms with E-state index in [0.29, 0.717) is 24.0 Å². The number of aromatic nitrogens is 1. The van der Waals surface area contributed by atoms with Gasteiger partial charge in [-0.15, -0.1) is 12.4 Å². The van der Waals surface area contributed by atoms with Gasteiger partial charge in [-0.1, -0.05) is 23.7 Å². The standard InChI is InChI=1S/C27H32ClN5O3S.ClH/c1-19-13-25(14-20(2)30-19)31-9-7-21(8-10-31)17-29-33-12-11-32(18-27(33)34)37(35,36)26-6-4-22-15-24(28)5-3-23(22)16-26;/h3-6,13-16,21,29H,7-12,17-18H2,1-2H3;1H. The van der Waals surface area contributed by atoms with Crippen molar-refractivity contribution in [1.29, 1.82) is 0 Å². The number of carbonyl (C=O) groups excluding carboxylic acids is 1. The number of aryl methyl sites for hydroxylation is 2. The maximum absolute atomic E-state index is 13.2. The van der Waals surface area contributed by atoms with Gasteiger partial charge in [0.15, 0.2) is 0 Å². The number of fused-ring (bicyclic) bond motifs is 1. The highest BCUT2D eigenvalue weighted by Crippen LogP contribution is 2.26. The number of hydrogen-bond donors (Lipinski definition) is 1. The molecule has 2 fully saturated rings. The van der Waals surface area contributed by atoms with Crippen LogP contribution < -0.4 is 10.3 Å². The lowest BCUT2D eigenvalue weighted by molar-refractivity contribution is -0.137. The zero-order valence-corrected chi connectivity index (χ0v) is 23.9. The molecule has 1 N–H and O–H groups in total. The summed E-state index contributed by atoms with van der Waals surface area (Å²) in [5, 5.41) is 3.84. The van der Waals surface area contributed by atoms with E-state index in [-0.39, 0.29) is 36.3 Å². The van der Waals surface area contributed by atoms with Crippen LogP contribution in [0.3, 0.4) is 0 Å². The summed E-state index contributed by atoms with van der Waals surface area (Å²) in [6, 6.07) is 14.5. The molecule has 2 aliphatic heterocycles. The number of piperidine rings is 1. The highest BCUT2D eigenvalue weighted by atomic mass is 35.5. The molecule has 11 heteroatoms. The molecule has 2 aliphatic rings. The van der Waals surface area contributed by atoms with Gasteiger partial charge in [0.05, 0.1) is 18.0 Å². The highest BCUT2D eigenvalue weighted by molar-refractivity contribution is 7.89. The minimum atomic E-state index is -3.78. The largest absolute Gasteiger partial charge is 0.371 e. The summed E-state index contributed by atoms with van der Waals surface area (Å²) >= 11 is 6.04. The number of carbonyl (C=O) groups is 1. The van der Waals surface area contributed by atoms with E-state index in [9.17, 15) is 13.2 Å². The first-order valence-electron chi connectivity index (χ1n) is 12.6. The summed E-state index contributed by atoms with van der Waals surface area (Å²) in [4.78, 5) is 19.9. The van der Waals surface area contributed by atoms with E-state index in [0.717, 1.165) is 48.1 Å². The molecule has 0 bridgehead atoms. The van der Waals surface area contributed by atoms with Crippen LogP contribution in [-0.4, -0.2) is 67.9 Å². The molecule has 1 amide bonds. The minimum Gasteiger partial charge on any atom is -0.371 e. The lowest BCUT2D eigenvalue weighted by atomic mass is 9.96. The Hall–Kier alpha value is -2.43. The SMILES string of the molecule is Cc1cc(N2CCC(CNN3CCN(S(=O)(=O)c4ccc5cc(Cl)ccc5c4)CC3=O)CC2)cc(C)n1.Cl. The molecule has 3 aromatic rings. The van der Waals surface area contributed by atoms with E-state index in [1.807, 2.05) is 13.8 Å². The van der Waals surface area contributed by atoms with Crippen molar-refractivity contribution < 1.29 is 13.2 Å². The average Bonchev–Trinajstić information content (AvgIpc) is 2.87. The van der Waals surface area contributed by atoms with E-state index in [1.165, 1.54) is 9.99 Å². The van der Waals surface area contributed by atoms with Crippen molar-refractivity contribution >= 4 is 56.4 Å². The van der Waals surface area contributed by atoms with Crippen molar-refractivity contribution in [2.45, 2.75) is 31.6 Å². The smallest absolute Gasteiger partial charge is 0.252 e. The highest BCUT2D eigenvalue weighted by Gasteiger charge is 2.33. The molecular formula is C27H33Cl2N5O3S. The molecule has 0 spiro atoms. The van der Waals surface area contributed by atoms with E-state index >= 15 is 0 Å². The number of nitrogens with one attached hydrogen (secondary N) is 1. The number of amides is 1. The average molecular weight is 579 g/mol. The third-order valence-electron chi connectivity index (χ3n) is 7.21. The maximum Gasteiger partial charge on any atom is 0.252 e. The second kappa shape index (κ2) is 11.8. The fourth-order valence-electron chi connectivity index (χ4n) is 5.16. The van der Waals surface area contributed by atoms with Gasteiger partial charge in [0.1, 0.15) is 0 Å². The summed E-state index contributed by atoms with van der Waals surface area (Å²) in [5.74, 6) is 0.225. The molecule has 0 unspecified atom stereocenters. The predicted octanol–water partition coefficient (Wildman–Crippen LogP) is 4.18. The maximum atomic E-state index is 13.2. The number of rotatable bonds is 6. The molecule has 3 heterocycles. The Labute approximate surface area is 235 Å². The Kier molecular flexibility index (Phi) is 8.84. The third kappa shape index (κ3) is 6.24. The van der Waals surface area contributed by atoms with Crippen LogP contribution in [0.5, 0.6) is 0 Å². The molecule has 0 radical (unpaired) electrons. The Morgan fingerprint density at radius 1 is 0.947 bits per heavy atom. The number of hydrogen-bond acceptors (Lipinski definition) is 6. The third-order valence-corrected chi connectivity index (χ3v) is 9.29. The van der Waals surface area contributed by atoms with Crippen molar-refractivity contribution in [1.82, 2.24) is 19.7 Å². The summed E-state index contributed by atoms with van der Waals surface area (Å²) in [5.41, 5.74) is 6.56. The van der Waals surface area contributed by atoms with Gasteiger partial charge in [0.25, 0.3) is 5.91 Å². The van der Waals surface area contributed by atoms with Gasteiger partial charge >= 0.3 is 0 Å². The number of pyridine rings is 1. The van der Waals surface area contributed by atoms with Gasteiger partial charge < -0.3 is 4.90 Å². The van der Waals surface area contributed by atoms with Crippen molar-refractivity contribution in [3.8, 4) is 0 Å². The normalized spacial score (nSPS) is 17.6. The van der Waals surface area contributed by atoms with Gasteiger partial charge in [-0.2, -0.15) is 4.31 Å². The lowest BCUT2D eigenvalue weighted by Crippen LogP contribution is -2.57. The van der Waals surface area contributed by atoms with Crippen LogP contribution in [0.4, 0.5) is 5.69 Å². The number of halogens is 2. The van der Waals surface area contributed by atoms with Crippen LogP contribution in [-0.2, 0) is 14.8 Å². The monoisotopic (exact) mass is 577 g/mol. The minimum absolute atomic E-state index is 0. The number of benzene rings is 2. The van der Waals surface area contributed by atoms with Crippen LogP contribution in [0, 0.1) is 19.8 Å². The Bertz CT molecular complexity index is 1410. The molecule has 204 valence electrons. The molecule has 5 rings (SSSR count). The summed E-state index contributed by atoms with van der Waals surface area (Å²) in [6.45, 7) is 7.07. The summed E-state index contributed by atoms with van der Waals surface area (Å²) in [6.07, 6.45) is 2.06. The van der Waals surface area contributed by atoms with Crippen molar-refractivity contribution in [2.75, 3.05) is 44.2 Å². The number of nitrogens with zero attached hydrogens (tertiary/aromatic N) is 4. The molecular weight excluding hydrogens is 545 g/mol. The fraction of sp³-hybridized carbons (Fsp3) is 0.407. The van der Waals surface area contributed by atoms with Gasteiger partial charge in [-0.3, -0.25) is 14.8 Å². The Morgan fingerprint density at radius 3 is 2.29 bits per heavy atom. The number of sulfonamides is 1. The van der Waals surface area contributed by atoms with Crippen molar-refractivity contribution in [3.63, 3.8) is 0 Å². The van der Waals surface area contributed by atoms with E-state index in [4.69, 9.17) is 11.6 Å². The molecule has 2 aromatic carbocycles. The first-order chi connectivity index (χ1) is 17.7. The van der Waals surface area contributed by atoms with Crippen molar-refractivity contribution in [2.24, 2.45) is 5.92 Å². The van der Waals surface area contributed by atoms with Crippen molar-refractivity contribution in [3.05, 3.63) is 64.9 Å². The number of anilines is 1. The first-order valence-corrected chi connectivity index (χ1v) is 14.4. The van der Waals surface area contributed by atoms with Gasteiger partial charge in [0, 0.05) is 48.3 Å². The summed E-state index contributed by atoms with van der Waals surface area (Å²) < 4.78 is 27.8. The topological polar surface area (TPSA) is 85.9 Å². The van der Waals surface area contributed by atoms with Crippen LogP contribution in [0.25, 0.3) is 10.8 Å². The number of hydrazine groups is 1. The Morgan fingerprint density at radius 2 is 1.61 bits per heavy atom. The molecule has 8 nitrogen and oxygen atoms in total. The molecule has 1 aromatic heterocycles. The van der Waals surface area contributed by atoms with Crippen LogP contribution in [0.1, 0.15) is 24.2 Å². The molecule has 0 atom stereocenters. The zero-order chi connectivity index (χ0) is 26.2. The number of piperazine rings is 1. The fourth-order valence-corrected chi connectivity index (χ4v) is 6.75. The van der Waals surface area contributed by atoms with Crippen LogP contribution in [0.15, 0.2) is 53.4 Å². The van der Waals surface area contributed by atoms with Crippen LogP contribution >= 0.6 is 24.0 Å². The molecule has 2 saturated heterocycles. The predicted molar refractivity (Wildman–Crippen MR) is 153 cm³/mol. The van der Waals surface area contributed by atoms with Crippen LogP contribution in [0.2, 0.25) is 5.02 Å². The molecule has 0 aliphatic carbocycles. The van der Waals surface area contributed by atoms with Gasteiger partial charge in [-0.25, -0.2) is 13.8 Å². The molecule has 38 heavy (non-hydrogen) atoms. The van der Waals surface area contributed by atoms with Gasteiger partial charge in [-0.05, 0) is 79.8 Å². The summed E-state index contributed by atoms with van der Waals surface area (Å²) in [7, 11) is -3.78. The van der Waals surface area contributed by atoms with E-state index < -0.39 is 10.0 Å². The quantitative estimate of drug-likeness (QED) is 0.473.